The van der Waals surface area contributed by atoms with Gasteiger partial charge in [-0.1, -0.05) is 32.3 Å². The zero-order valence-electron chi connectivity index (χ0n) is 19.6. The van der Waals surface area contributed by atoms with Crippen LogP contribution in [0.4, 0.5) is 4.79 Å². The van der Waals surface area contributed by atoms with Crippen LogP contribution < -0.4 is 16.0 Å². The fraction of sp³-hybridized carbons (Fsp3) is 0.762. The van der Waals surface area contributed by atoms with E-state index in [2.05, 4.69) is 35.0 Å². The monoisotopic (exact) mass is 537 g/mol. The number of carbonyl (C=O) groups is 1. The minimum Gasteiger partial charge on any atom is -0.444 e. The van der Waals surface area contributed by atoms with Crippen LogP contribution in [-0.2, 0) is 24.1 Å². The highest BCUT2D eigenvalue weighted by molar-refractivity contribution is 14.0. The molecule has 0 aliphatic rings. The van der Waals surface area contributed by atoms with Crippen LogP contribution in [0.2, 0.25) is 0 Å². The van der Waals surface area contributed by atoms with Crippen molar-refractivity contribution in [1.82, 2.24) is 21.1 Å². The number of guanidine groups is 1. The van der Waals surface area contributed by atoms with Crippen LogP contribution >= 0.6 is 24.0 Å². The zero-order valence-corrected chi connectivity index (χ0v) is 21.9. The molecule has 0 spiro atoms. The van der Waals surface area contributed by atoms with Gasteiger partial charge in [0.25, 0.3) is 0 Å². The van der Waals surface area contributed by atoms with E-state index in [4.69, 9.17) is 14.3 Å². The molecule has 1 atom stereocenters. The Bertz CT molecular complexity index is 634. The first-order valence-electron chi connectivity index (χ1n) is 10.7. The normalized spacial score (nSPS) is 12.7. The molecular weight excluding hydrogens is 497 g/mol. The molecule has 0 aliphatic carbocycles. The maximum absolute atomic E-state index is 12.1. The standard InChI is InChI=1S/C21H39N5O3.HI/c1-8-12-15(25-20(27)28-21(5,6)7)13-23-19(22-11-4)24-14-16-17(9-2)26-29-18(16)10-3;/h15H,8-14H2,1-7H3,(H,25,27)(H2,22,23,24);1H. The van der Waals surface area contributed by atoms with Gasteiger partial charge in [0, 0.05) is 31.1 Å². The molecule has 0 radical (unpaired) electrons. The van der Waals surface area contributed by atoms with E-state index in [1.165, 1.54) is 0 Å². The Kier molecular flexibility index (Phi) is 13.7. The number of halogens is 1. The number of hydrogen-bond acceptors (Lipinski definition) is 5. The van der Waals surface area contributed by atoms with Crippen molar-refractivity contribution in [2.24, 2.45) is 4.99 Å². The summed E-state index contributed by atoms with van der Waals surface area (Å²) < 4.78 is 10.8. The van der Waals surface area contributed by atoms with Gasteiger partial charge in [0.15, 0.2) is 5.96 Å². The van der Waals surface area contributed by atoms with E-state index >= 15 is 0 Å². The Morgan fingerprint density at radius 3 is 2.40 bits per heavy atom. The average molecular weight is 537 g/mol. The molecule has 0 aromatic carbocycles. The summed E-state index contributed by atoms with van der Waals surface area (Å²) in [6.45, 7) is 15.6. The van der Waals surface area contributed by atoms with E-state index in [9.17, 15) is 4.79 Å². The van der Waals surface area contributed by atoms with Crippen molar-refractivity contribution in [2.75, 3.05) is 13.1 Å². The van der Waals surface area contributed by atoms with Crippen molar-refractivity contribution in [3.05, 3.63) is 17.0 Å². The number of rotatable bonds is 10. The van der Waals surface area contributed by atoms with Crippen molar-refractivity contribution < 1.29 is 14.1 Å². The van der Waals surface area contributed by atoms with Gasteiger partial charge in [-0.3, -0.25) is 0 Å². The molecule has 0 bridgehead atoms. The van der Waals surface area contributed by atoms with Gasteiger partial charge >= 0.3 is 6.09 Å². The fourth-order valence-electron chi connectivity index (χ4n) is 2.88. The molecule has 1 aromatic heterocycles. The highest BCUT2D eigenvalue weighted by Gasteiger charge is 2.19. The first-order chi connectivity index (χ1) is 13.7. The second kappa shape index (κ2) is 14.5. The second-order valence-corrected chi connectivity index (χ2v) is 7.95. The third kappa shape index (κ3) is 10.5. The second-order valence-electron chi connectivity index (χ2n) is 7.95. The van der Waals surface area contributed by atoms with Crippen molar-refractivity contribution in [3.8, 4) is 0 Å². The molecule has 1 heterocycles. The Morgan fingerprint density at radius 2 is 1.87 bits per heavy atom. The zero-order chi connectivity index (χ0) is 21.9. The third-order valence-corrected chi connectivity index (χ3v) is 4.22. The summed E-state index contributed by atoms with van der Waals surface area (Å²) in [5.41, 5.74) is 1.50. The van der Waals surface area contributed by atoms with E-state index in [-0.39, 0.29) is 30.0 Å². The molecule has 0 saturated heterocycles. The molecule has 3 N–H and O–H groups in total. The van der Waals surface area contributed by atoms with Crippen molar-refractivity contribution in [3.63, 3.8) is 0 Å². The number of nitrogens with zero attached hydrogens (tertiary/aromatic N) is 2. The fourth-order valence-corrected chi connectivity index (χ4v) is 2.88. The number of ether oxygens (including phenoxy) is 1. The van der Waals surface area contributed by atoms with Gasteiger partial charge in [-0.2, -0.15) is 0 Å². The van der Waals surface area contributed by atoms with Gasteiger partial charge in [-0.25, -0.2) is 9.79 Å². The van der Waals surface area contributed by atoms with Gasteiger partial charge in [0.2, 0.25) is 0 Å². The largest absolute Gasteiger partial charge is 0.444 e. The molecule has 30 heavy (non-hydrogen) atoms. The smallest absolute Gasteiger partial charge is 0.407 e. The Labute approximate surface area is 198 Å². The number of hydrogen-bond donors (Lipinski definition) is 3. The number of aromatic nitrogens is 1. The number of aliphatic imine (C=N–C) groups is 1. The Balaban J connectivity index is 0.00000841. The number of alkyl carbamates (subject to hydrolysis) is 1. The van der Waals surface area contributed by atoms with Crippen LogP contribution in [0.3, 0.4) is 0 Å². The first kappa shape index (κ1) is 28.5. The van der Waals surface area contributed by atoms with Gasteiger partial charge in [0.1, 0.15) is 11.4 Å². The molecule has 1 aromatic rings. The third-order valence-electron chi connectivity index (χ3n) is 4.22. The number of amides is 1. The summed E-state index contributed by atoms with van der Waals surface area (Å²) in [7, 11) is 0. The van der Waals surface area contributed by atoms with Crippen molar-refractivity contribution in [2.45, 2.75) is 92.3 Å². The van der Waals surface area contributed by atoms with Crippen LogP contribution in [0.1, 0.15) is 78.3 Å². The van der Waals surface area contributed by atoms with E-state index in [1.807, 2.05) is 34.6 Å². The quantitative estimate of drug-likeness (QED) is 0.236. The molecule has 1 rings (SSSR count). The number of nitrogens with one attached hydrogen (secondary N) is 3. The van der Waals surface area contributed by atoms with Gasteiger partial charge in [-0.05, 0) is 40.5 Å². The summed E-state index contributed by atoms with van der Waals surface area (Å²) in [6.07, 6.45) is 3.01. The lowest BCUT2D eigenvalue weighted by Gasteiger charge is -2.24. The first-order valence-corrected chi connectivity index (χ1v) is 10.7. The van der Waals surface area contributed by atoms with Crippen LogP contribution in [0, 0.1) is 0 Å². The van der Waals surface area contributed by atoms with Crippen LogP contribution in [-0.4, -0.2) is 41.9 Å². The molecule has 0 saturated carbocycles. The maximum Gasteiger partial charge on any atom is 0.407 e. The Morgan fingerprint density at radius 1 is 1.17 bits per heavy atom. The van der Waals surface area contributed by atoms with Crippen LogP contribution in [0.5, 0.6) is 0 Å². The number of aryl methyl sites for hydroxylation is 2. The highest BCUT2D eigenvalue weighted by Crippen LogP contribution is 2.16. The maximum atomic E-state index is 12.1. The van der Waals surface area contributed by atoms with Gasteiger partial charge in [-0.15, -0.1) is 24.0 Å². The topological polar surface area (TPSA) is 101 Å². The lowest BCUT2D eigenvalue weighted by atomic mass is 10.1. The summed E-state index contributed by atoms with van der Waals surface area (Å²) in [4.78, 5) is 16.8. The molecule has 1 amide bonds. The van der Waals surface area contributed by atoms with E-state index in [1.54, 1.807) is 0 Å². The lowest BCUT2D eigenvalue weighted by Crippen LogP contribution is -2.48. The molecule has 0 aliphatic heterocycles. The molecule has 0 fully saturated rings. The van der Waals surface area contributed by atoms with Crippen LogP contribution in [0.15, 0.2) is 9.52 Å². The molecule has 1 unspecified atom stereocenters. The van der Waals surface area contributed by atoms with Crippen LogP contribution in [0.25, 0.3) is 0 Å². The minimum atomic E-state index is -0.517. The summed E-state index contributed by atoms with van der Waals surface area (Å²) >= 11 is 0. The van der Waals surface area contributed by atoms with Gasteiger partial charge < -0.3 is 25.2 Å². The average Bonchev–Trinajstić information content (AvgIpc) is 3.04. The molecule has 174 valence electrons. The molecule has 9 heteroatoms. The summed E-state index contributed by atoms with van der Waals surface area (Å²) in [6, 6.07) is -0.0493. The van der Waals surface area contributed by atoms with Crippen molar-refractivity contribution >= 4 is 36.0 Å². The van der Waals surface area contributed by atoms with Gasteiger partial charge in [0.05, 0.1) is 12.2 Å². The van der Waals surface area contributed by atoms with E-state index in [0.717, 1.165) is 49.2 Å². The summed E-state index contributed by atoms with van der Waals surface area (Å²) in [5.74, 6) is 1.58. The number of carbonyl (C=O) groups excluding carboxylic acids is 1. The SMILES string of the molecule is CCCC(CNC(=NCc1c(CC)noc1CC)NCC)NC(=O)OC(C)(C)C.I. The van der Waals surface area contributed by atoms with Crippen molar-refractivity contribution in [1.29, 1.82) is 0 Å². The lowest BCUT2D eigenvalue weighted by molar-refractivity contribution is 0.0502. The summed E-state index contributed by atoms with van der Waals surface area (Å²) in [5, 5.41) is 13.7. The Hall–Kier alpha value is -1.52. The molecule has 8 nitrogen and oxygen atoms in total. The highest BCUT2D eigenvalue weighted by atomic mass is 127. The van der Waals surface area contributed by atoms with E-state index in [0.29, 0.717) is 19.0 Å². The minimum absolute atomic E-state index is 0. The van der Waals surface area contributed by atoms with E-state index < -0.39 is 11.7 Å². The predicted octanol–water partition coefficient (Wildman–Crippen LogP) is 4.17. The predicted molar refractivity (Wildman–Crippen MR) is 132 cm³/mol. The molecular formula is C21H40IN5O3.